The average Bonchev–Trinajstić information content (AvgIpc) is 2.43. The summed E-state index contributed by atoms with van der Waals surface area (Å²) in [6.45, 7) is 6.99. The van der Waals surface area contributed by atoms with Crippen molar-refractivity contribution >= 4 is 29.1 Å². The summed E-state index contributed by atoms with van der Waals surface area (Å²) in [6, 6.07) is 7.79. The minimum Gasteiger partial charge on any atom is -0.354 e. The number of aryl methyl sites for hydroxylation is 2. The van der Waals surface area contributed by atoms with Crippen LogP contribution in [0.2, 0.25) is 5.02 Å². The van der Waals surface area contributed by atoms with Gasteiger partial charge in [-0.05, 0) is 38.0 Å². The zero-order chi connectivity index (χ0) is 15.2. The third kappa shape index (κ3) is 4.60. The van der Waals surface area contributed by atoms with Gasteiger partial charge in [0.2, 0.25) is 5.95 Å². The summed E-state index contributed by atoms with van der Waals surface area (Å²) in [7, 11) is 0. The fourth-order valence-corrected chi connectivity index (χ4v) is 2.09. The third-order valence-corrected chi connectivity index (χ3v) is 3.52. The SMILES string of the molecule is CCCCNc1nc(C)cc(Nc2ccc(C)c(Cl)c2)n1. The molecule has 2 aromatic rings. The molecular formula is C16H21ClN4. The molecule has 0 saturated carbocycles. The van der Waals surface area contributed by atoms with Crippen molar-refractivity contribution in [2.45, 2.75) is 33.6 Å². The minimum atomic E-state index is 0.657. The van der Waals surface area contributed by atoms with E-state index < -0.39 is 0 Å². The number of anilines is 3. The summed E-state index contributed by atoms with van der Waals surface area (Å²) < 4.78 is 0. The molecule has 0 amide bonds. The predicted octanol–water partition coefficient (Wildman–Crippen LogP) is 4.70. The number of hydrogen-bond donors (Lipinski definition) is 2. The summed E-state index contributed by atoms with van der Waals surface area (Å²) >= 11 is 6.14. The Morgan fingerprint density at radius 3 is 2.67 bits per heavy atom. The van der Waals surface area contributed by atoms with E-state index in [1.54, 1.807) is 0 Å². The molecule has 5 heteroatoms. The third-order valence-electron chi connectivity index (χ3n) is 3.11. The predicted molar refractivity (Wildman–Crippen MR) is 89.6 cm³/mol. The highest BCUT2D eigenvalue weighted by Gasteiger charge is 2.04. The van der Waals surface area contributed by atoms with E-state index in [-0.39, 0.29) is 0 Å². The van der Waals surface area contributed by atoms with Gasteiger partial charge in [0, 0.05) is 29.0 Å². The van der Waals surface area contributed by atoms with Crippen LogP contribution in [0.4, 0.5) is 17.5 Å². The lowest BCUT2D eigenvalue weighted by molar-refractivity contribution is 0.825. The molecule has 0 atom stereocenters. The summed E-state index contributed by atoms with van der Waals surface area (Å²) in [6.07, 6.45) is 2.25. The van der Waals surface area contributed by atoms with Crippen LogP contribution in [0.5, 0.6) is 0 Å². The second-order valence-electron chi connectivity index (χ2n) is 5.09. The van der Waals surface area contributed by atoms with Gasteiger partial charge in [0.15, 0.2) is 0 Å². The summed E-state index contributed by atoms with van der Waals surface area (Å²) in [5.41, 5.74) is 2.90. The largest absolute Gasteiger partial charge is 0.354 e. The summed E-state index contributed by atoms with van der Waals surface area (Å²) in [5.74, 6) is 1.42. The van der Waals surface area contributed by atoms with Gasteiger partial charge in [0.25, 0.3) is 0 Å². The molecule has 0 fully saturated rings. The Balaban J connectivity index is 2.13. The molecule has 0 spiro atoms. The number of benzene rings is 1. The highest BCUT2D eigenvalue weighted by molar-refractivity contribution is 6.31. The molecule has 0 radical (unpaired) electrons. The van der Waals surface area contributed by atoms with E-state index in [1.807, 2.05) is 38.1 Å². The Kier molecular flexibility index (Phi) is 5.39. The van der Waals surface area contributed by atoms with Crippen LogP contribution < -0.4 is 10.6 Å². The molecule has 1 heterocycles. The van der Waals surface area contributed by atoms with Crippen LogP contribution in [0.1, 0.15) is 31.0 Å². The molecule has 2 N–H and O–H groups in total. The van der Waals surface area contributed by atoms with Crippen molar-refractivity contribution in [3.05, 3.63) is 40.5 Å². The van der Waals surface area contributed by atoms with Crippen molar-refractivity contribution in [1.82, 2.24) is 9.97 Å². The molecule has 0 aliphatic heterocycles. The van der Waals surface area contributed by atoms with Crippen LogP contribution in [0, 0.1) is 13.8 Å². The van der Waals surface area contributed by atoms with Gasteiger partial charge >= 0.3 is 0 Å². The van der Waals surface area contributed by atoms with E-state index in [1.165, 1.54) is 0 Å². The molecular weight excluding hydrogens is 284 g/mol. The lowest BCUT2D eigenvalue weighted by Crippen LogP contribution is -2.07. The fraction of sp³-hybridized carbons (Fsp3) is 0.375. The minimum absolute atomic E-state index is 0.657. The molecule has 21 heavy (non-hydrogen) atoms. The molecule has 0 bridgehead atoms. The van der Waals surface area contributed by atoms with E-state index in [0.29, 0.717) is 5.95 Å². The van der Waals surface area contributed by atoms with Gasteiger partial charge in [-0.3, -0.25) is 0 Å². The van der Waals surface area contributed by atoms with Crippen molar-refractivity contribution in [2.75, 3.05) is 17.2 Å². The highest BCUT2D eigenvalue weighted by Crippen LogP contribution is 2.23. The standard InChI is InChI=1S/C16H21ClN4/c1-4-5-8-18-16-19-12(3)9-15(21-16)20-13-7-6-11(2)14(17)10-13/h6-7,9-10H,4-5,8H2,1-3H3,(H2,18,19,20,21). The molecule has 0 unspecified atom stereocenters. The van der Waals surface area contributed by atoms with Crippen molar-refractivity contribution in [2.24, 2.45) is 0 Å². The normalized spacial score (nSPS) is 10.5. The Morgan fingerprint density at radius 2 is 1.95 bits per heavy atom. The smallest absolute Gasteiger partial charge is 0.224 e. The number of unbranched alkanes of at least 4 members (excludes halogenated alkanes) is 1. The van der Waals surface area contributed by atoms with Crippen molar-refractivity contribution < 1.29 is 0 Å². The van der Waals surface area contributed by atoms with Gasteiger partial charge in [-0.1, -0.05) is 31.0 Å². The fourth-order valence-electron chi connectivity index (χ4n) is 1.91. The van der Waals surface area contributed by atoms with Crippen LogP contribution in [0.15, 0.2) is 24.3 Å². The van der Waals surface area contributed by atoms with E-state index in [2.05, 4.69) is 27.5 Å². The monoisotopic (exact) mass is 304 g/mol. The van der Waals surface area contributed by atoms with E-state index in [0.717, 1.165) is 47.2 Å². The molecule has 2 rings (SSSR count). The molecule has 0 aliphatic carbocycles. The number of nitrogens with one attached hydrogen (secondary N) is 2. The number of rotatable bonds is 6. The van der Waals surface area contributed by atoms with Crippen molar-refractivity contribution in [3.8, 4) is 0 Å². The maximum Gasteiger partial charge on any atom is 0.224 e. The van der Waals surface area contributed by atoms with Crippen molar-refractivity contribution in [3.63, 3.8) is 0 Å². The van der Waals surface area contributed by atoms with Crippen LogP contribution in [0.25, 0.3) is 0 Å². The van der Waals surface area contributed by atoms with Gasteiger partial charge in [-0.25, -0.2) is 4.98 Å². The maximum absolute atomic E-state index is 6.14. The Morgan fingerprint density at radius 1 is 1.14 bits per heavy atom. The molecule has 1 aromatic heterocycles. The van der Waals surface area contributed by atoms with E-state index in [4.69, 9.17) is 11.6 Å². The number of aromatic nitrogens is 2. The van der Waals surface area contributed by atoms with Gasteiger partial charge in [0.1, 0.15) is 5.82 Å². The van der Waals surface area contributed by atoms with Gasteiger partial charge < -0.3 is 10.6 Å². The summed E-state index contributed by atoms with van der Waals surface area (Å²) in [4.78, 5) is 8.87. The van der Waals surface area contributed by atoms with Crippen LogP contribution in [-0.4, -0.2) is 16.5 Å². The lowest BCUT2D eigenvalue weighted by Gasteiger charge is -2.10. The second kappa shape index (κ2) is 7.27. The topological polar surface area (TPSA) is 49.8 Å². The molecule has 112 valence electrons. The first kappa shape index (κ1) is 15.6. The Labute approximate surface area is 131 Å². The number of halogens is 1. The number of hydrogen-bond acceptors (Lipinski definition) is 4. The molecule has 0 aliphatic rings. The quantitative estimate of drug-likeness (QED) is 0.759. The average molecular weight is 305 g/mol. The van der Waals surface area contributed by atoms with Crippen molar-refractivity contribution in [1.29, 1.82) is 0 Å². The molecule has 1 aromatic carbocycles. The maximum atomic E-state index is 6.14. The zero-order valence-corrected chi connectivity index (χ0v) is 13.5. The van der Waals surface area contributed by atoms with E-state index in [9.17, 15) is 0 Å². The first-order valence-electron chi connectivity index (χ1n) is 7.21. The lowest BCUT2D eigenvalue weighted by atomic mass is 10.2. The van der Waals surface area contributed by atoms with Crippen LogP contribution in [0.3, 0.4) is 0 Å². The van der Waals surface area contributed by atoms with Crippen LogP contribution in [-0.2, 0) is 0 Å². The van der Waals surface area contributed by atoms with Gasteiger partial charge in [0.05, 0.1) is 0 Å². The van der Waals surface area contributed by atoms with E-state index >= 15 is 0 Å². The van der Waals surface area contributed by atoms with Crippen LogP contribution >= 0.6 is 11.6 Å². The highest BCUT2D eigenvalue weighted by atomic mass is 35.5. The van der Waals surface area contributed by atoms with Gasteiger partial charge in [-0.2, -0.15) is 4.98 Å². The first-order chi connectivity index (χ1) is 10.1. The first-order valence-corrected chi connectivity index (χ1v) is 7.59. The number of nitrogens with zero attached hydrogens (tertiary/aromatic N) is 2. The molecule has 0 saturated heterocycles. The Hall–Kier alpha value is -1.81. The summed E-state index contributed by atoms with van der Waals surface area (Å²) in [5, 5.41) is 7.26. The Bertz CT molecular complexity index is 613. The molecule has 4 nitrogen and oxygen atoms in total. The zero-order valence-electron chi connectivity index (χ0n) is 12.7. The van der Waals surface area contributed by atoms with Gasteiger partial charge in [-0.15, -0.1) is 0 Å². The second-order valence-corrected chi connectivity index (χ2v) is 5.49.